The van der Waals surface area contributed by atoms with Crippen molar-refractivity contribution in [1.29, 1.82) is 0 Å². The summed E-state index contributed by atoms with van der Waals surface area (Å²) >= 11 is 0. The lowest BCUT2D eigenvalue weighted by Gasteiger charge is -2.13. The van der Waals surface area contributed by atoms with Crippen molar-refractivity contribution in [2.75, 3.05) is 0 Å². The molecule has 3 heterocycles. The van der Waals surface area contributed by atoms with Gasteiger partial charge in [-0.3, -0.25) is 4.57 Å². The van der Waals surface area contributed by atoms with Gasteiger partial charge in [-0.15, -0.1) is 0 Å². The molecule has 288 valence electrons. The first kappa shape index (κ1) is 36.1. The van der Waals surface area contributed by atoms with Gasteiger partial charge in [0.1, 0.15) is 5.82 Å². The molecule has 11 aromatic rings. The van der Waals surface area contributed by atoms with Crippen molar-refractivity contribution in [2.45, 2.75) is 13.3 Å². The average molecular weight is 782 g/mol. The minimum absolute atomic E-state index is 0.695. The minimum atomic E-state index is 0.695. The second-order valence-corrected chi connectivity index (χ2v) is 15.3. The van der Waals surface area contributed by atoms with Gasteiger partial charge >= 0.3 is 0 Å². The molecule has 3 aromatic heterocycles. The van der Waals surface area contributed by atoms with Gasteiger partial charge < -0.3 is 0 Å². The number of imidazole rings is 1. The fourth-order valence-electron chi connectivity index (χ4n) is 8.55. The maximum Gasteiger partial charge on any atom is 0.160 e. The summed E-state index contributed by atoms with van der Waals surface area (Å²) in [6.45, 7) is 2.17. The molecule has 5 heteroatoms. The molecule has 0 saturated heterocycles. The van der Waals surface area contributed by atoms with Crippen LogP contribution in [0.25, 0.3) is 106 Å². The number of rotatable bonds is 8. The molecule has 0 aliphatic heterocycles. The molecular formula is C56H39N5. The number of para-hydroxylation sites is 2. The number of hydrogen-bond donors (Lipinski definition) is 0. The van der Waals surface area contributed by atoms with Crippen LogP contribution in [0, 0.1) is 0 Å². The summed E-state index contributed by atoms with van der Waals surface area (Å²) in [5.74, 6) is 1.72. The van der Waals surface area contributed by atoms with Crippen molar-refractivity contribution in [3.63, 3.8) is 0 Å². The van der Waals surface area contributed by atoms with E-state index in [2.05, 4.69) is 193 Å². The van der Waals surface area contributed by atoms with E-state index in [0.717, 1.165) is 101 Å². The summed E-state index contributed by atoms with van der Waals surface area (Å²) in [6.07, 6.45) is 0.804. The standard InChI is InChI=1S/C56H39N5/c1-2-52-60-55-51(61(52)45-21-10-5-11-22-45)34-33-47-46-23-12-13-24-48(46)57-54(53(47)55)44-20-14-19-43(35-44)39-27-31-41(32-28-39)50-36-49(58-56(59-50)42-17-8-4-9-18-42)40-29-25-38(26-30-40)37-15-6-3-7-16-37/h3-36H,2H2,1H3. The Morgan fingerprint density at radius 2 is 0.934 bits per heavy atom. The van der Waals surface area contributed by atoms with Crippen LogP contribution in [0.3, 0.4) is 0 Å². The smallest absolute Gasteiger partial charge is 0.160 e. The highest BCUT2D eigenvalue weighted by Crippen LogP contribution is 2.39. The van der Waals surface area contributed by atoms with E-state index in [4.69, 9.17) is 19.9 Å². The largest absolute Gasteiger partial charge is 0.296 e. The lowest BCUT2D eigenvalue weighted by molar-refractivity contribution is 0.908. The van der Waals surface area contributed by atoms with Crippen molar-refractivity contribution >= 4 is 32.7 Å². The van der Waals surface area contributed by atoms with Crippen molar-refractivity contribution in [3.05, 3.63) is 212 Å². The van der Waals surface area contributed by atoms with Gasteiger partial charge in [0.15, 0.2) is 5.82 Å². The number of fused-ring (bicyclic) bond motifs is 5. The molecule has 0 aliphatic rings. The van der Waals surface area contributed by atoms with Gasteiger partial charge in [-0.2, -0.15) is 0 Å². The van der Waals surface area contributed by atoms with Crippen LogP contribution in [0.2, 0.25) is 0 Å². The van der Waals surface area contributed by atoms with Gasteiger partial charge in [-0.25, -0.2) is 19.9 Å². The number of nitrogens with zero attached hydrogens (tertiary/aromatic N) is 5. The molecule has 0 radical (unpaired) electrons. The summed E-state index contributed by atoms with van der Waals surface area (Å²) in [4.78, 5) is 20.9. The zero-order valence-electron chi connectivity index (χ0n) is 33.6. The number of pyridine rings is 1. The number of aromatic nitrogens is 5. The third-order valence-corrected chi connectivity index (χ3v) is 11.6. The van der Waals surface area contributed by atoms with E-state index in [9.17, 15) is 0 Å². The van der Waals surface area contributed by atoms with E-state index < -0.39 is 0 Å². The molecule has 0 spiro atoms. The molecule has 0 unspecified atom stereocenters. The van der Waals surface area contributed by atoms with Crippen molar-refractivity contribution < 1.29 is 0 Å². The maximum absolute atomic E-state index is 5.37. The van der Waals surface area contributed by atoms with Crippen LogP contribution >= 0.6 is 0 Å². The van der Waals surface area contributed by atoms with Gasteiger partial charge in [0.2, 0.25) is 0 Å². The molecule has 0 amide bonds. The van der Waals surface area contributed by atoms with Gasteiger partial charge in [0.05, 0.1) is 33.6 Å². The molecule has 0 saturated carbocycles. The number of hydrogen-bond acceptors (Lipinski definition) is 4. The summed E-state index contributed by atoms with van der Waals surface area (Å²) in [5.41, 5.74) is 15.4. The highest BCUT2D eigenvalue weighted by molar-refractivity contribution is 6.20. The Morgan fingerprint density at radius 3 is 1.61 bits per heavy atom. The summed E-state index contributed by atoms with van der Waals surface area (Å²) < 4.78 is 2.29. The van der Waals surface area contributed by atoms with Crippen molar-refractivity contribution in [3.8, 4) is 73.1 Å². The molecule has 0 fully saturated rings. The fourth-order valence-corrected chi connectivity index (χ4v) is 8.55. The first-order chi connectivity index (χ1) is 30.2. The SMILES string of the molecule is CCc1nc2c3c(-c4cccc(-c5ccc(-c6cc(-c7ccc(-c8ccccc8)cc7)nc(-c7ccccc7)n6)cc5)c4)nc4ccccc4c3ccc2n1-c1ccccc1. The van der Waals surface area contributed by atoms with Gasteiger partial charge in [-0.1, -0.05) is 177 Å². The van der Waals surface area contributed by atoms with Gasteiger partial charge in [0, 0.05) is 45.1 Å². The minimum Gasteiger partial charge on any atom is -0.296 e. The molecule has 61 heavy (non-hydrogen) atoms. The van der Waals surface area contributed by atoms with E-state index in [-0.39, 0.29) is 0 Å². The average Bonchev–Trinajstić information content (AvgIpc) is 3.74. The van der Waals surface area contributed by atoms with Crippen LogP contribution in [0.15, 0.2) is 206 Å². The quantitative estimate of drug-likeness (QED) is 0.144. The first-order valence-corrected chi connectivity index (χ1v) is 20.8. The van der Waals surface area contributed by atoms with Gasteiger partial charge in [0.25, 0.3) is 0 Å². The molecule has 0 aliphatic carbocycles. The van der Waals surface area contributed by atoms with Crippen LogP contribution < -0.4 is 0 Å². The van der Waals surface area contributed by atoms with Crippen LogP contribution in [0.5, 0.6) is 0 Å². The second-order valence-electron chi connectivity index (χ2n) is 15.3. The van der Waals surface area contributed by atoms with E-state index in [0.29, 0.717) is 5.82 Å². The zero-order valence-corrected chi connectivity index (χ0v) is 33.6. The van der Waals surface area contributed by atoms with Crippen LogP contribution in [-0.2, 0) is 6.42 Å². The Morgan fingerprint density at radius 1 is 0.393 bits per heavy atom. The molecule has 11 rings (SSSR count). The summed E-state index contributed by atoms with van der Waals surface area (Å²) in [7, 11) is 0. The highest BCUT2D eigenvalue weighted by atomic mass is 15.1. The normalized spacial score (nSPS) is 11.4. The third kappa shape index (κ3) is 6.63. The van der Waals surface area contributed by atoms with Crippen molar-refractivity contribution in [1.82, 2.24) is 24.5 Å². The Hall–Kier alpha value is -8.02. The fraction of sp³-hybridized carbons (Fsp3) is 0.0357. The van der Waals surface area contributed by atoms with Crippen LogP contribution in [-0.4, -0.2) is 24.5 Å². The molecule has 0 atom stereocenters. The van der Waals surface area contributed by atoms with E-state index >= 15 is 0 Å². The van der Waals surface area contributed by atoms with E-state index in [1.165, 1.54) is 11.1 Å². The predicted octanol–water partition coefficient (Wildman–Crippen LogP) is 14.1. The Balaban J connectivity index is 0.996. The number of aryl methyl sites for hydroxylation is 1. The lowest BCUT2D eigenvalue weighted by atomic mass is 9.95. The third-order valence-electron chi connectivity index (χ3n) is 11.6. The molecule has 0 bridgehead atoms. The second kappa shape index (κ2) is 15.3. The summed E-state index contributed by atoms with van der Waals surface area (Å²) in [6, 6.07) is 72.2. The molecule has 0 N–H and O–H groups in total. The predicted molar refractivity (Wildman–Crippen MR) is 251 cm³/mol. The Labute approximate surface area is 354 Å². The van der Waals surface area contributed by atoms with Crippen LogP contribution in [0.1, 0.15) is 12.7 Å². The Kier molecular flexibility index (Phi) is 9.05. The van der Waals surface area contributed by atoms with E-state index in [1.54, 1.807) is 0 Å². The maximum atomic E-state index is 5.37. The topological polar surface area (TPSA) is 56.5 Å². The number of benzene rings is 8. The molecule has 5 nitrogen and oxygen atoms in total. The van der Waals surface area contributed by atoms with Gasteiger partial charge in [-0.05, 0) is 64.0 Å². The molecular weight excluding hydrogens is 743 g/mol. The summed E-state index contributed by atoms with van der Waals surface area (Å²) in [5, 5.41) is 3.33. The molecule has 8 aromatic carbocycles. The lowest BCUT2D eigenvalue weighted by Crippen LogP contribution is -1.99. The van der Waals surface area contributed by atoms with Crippen molar-refractivity contribution in [2.24, 2.45) is 0 Å². The first-order valence-electron chi connectivity index (χ1n) is 20.8. The van der Waals surface area contributed by atoms with Crippen LogP contribution in [0.4, 0.5) is 0 Å². The van der Waals surface area contributed by atoms with E-state index in [1.807, 2.05) is 24.3 Å². The monoisotopic (exact) mass is 781 g/mol. The zero-order chi connectivity index (χ0) is 40.7. The highest BCUT2D eigenvalue weighted by Gasteiger charge is 2.20. The Bertz CT molecular complexity index is 3360.